The summed E-state index contributed by atoms with van der Waals surface area (Å²) in [6.07, 6.45) is -3.22. The lowest BCUT2D eigenvalue weighted by Crippen LogP contribution is -2.17. The van der Waals surface area contributed by atoms with Gasteiger partial charge in [0.05, 0.1) is 22.9 Å². The van der Waals surface area contributed by atoms with Crippen molar-refractivity contribution in [3.8, 4) is 6.07 Å². The molecule has 0 bridgehead atoms. The summed E-state index contributed by atoms with van der Waals surface area (Å²) in [6.45, 7) is 0. The number of hydrogen-bond acceptors (Lipinski definition) is 4. The van der Waals surface area contributed by atoms with Gasteiger partial charge in [0.25, 0.3) is 5.91 Å². The van der Waals surface area contributed by atoms with Crippen LogP contribution in [0.4, 0.5) is 30.2 Å². The van der Waals surface area contributed by atoms with Gasteiger partial charge >= 0.3 is 6.18 Å². The number of nitrogens with zero attached hydrogens (tertiary/aromatic N) is 2. The summed E-state index contributed by atoms with van der Waals surface area (Å²) in [5, 5.41) is 14.1. The molecule has 0 aliphatic heterocycles. The van der Waals surface area contributed by atoms with Gasteiger partial charge in [-0.3, -0.25) is 9.78 Å². The predicted molar refractivity (Wildman–Crippen MR) is 98.1 cm³/mol. The van der Waals surface area contributed by atoms with Crippen molar-refractivity contribution in [3.05, 3.63) is 83.7 Å². The van der Waals surface area contributed by atoms with Crippen LogP contribution in [0.25, 0.3) is 0 Å². The van der Waals surface area contributed by atoms with Gasteiger partial charge in [-0.05, 0) is 48.5 Å². The second kappa shape index (κ2) is 7.80. The zero-order chi connectivity index (χ0) is 20.1. The van der Waals surface area contributed by atoms with Gasteiger partial charge in [0.1, 0.15) is 5.69 Å². The minimum absolute atomic E-state index is 0.0457. The summed E-state index contributed by atoms with van der Waals surface area (Å²) >= 11 is 0. The first-order valence-electron chi connectivity index (χ1n) is 8.07. The quantitative estimate of drug-likeness (QED) is 0.668. The summed E-state index contributed by atoms with van der Waals surface area (Å²) in [7, 11) is 0. The average molecular weight is 382 g/mol. The van der Waals surface area contributed by atoms with Crippen LogP contribution in [-0.2, 0) is 6.18 Å². The molecule has 28 heavy (non-hydrogen) atoms. The standard InChI is InChI=1S/C20H13F3N4O/c21-20(22,23)16-3-1-2-4-17(16)27-19(28)18-11-15(9-10-25-18)26-14-7-5-13(12-24)6-8-14/h1-11H,(H,25,26)(H,27,28). The predicted octanol–water partition coefficient (Wildman–Crippen LogP) is 4.97. The largest absolute Gasteiger partial charge is 0.418 e. The molecule has 0 aliphatic rings. The molecule has 1 amide bonds. The Hall–Kier alpha value is -3.86. The molecule has 0 fully saturated rings. The number of amides is 1. The van der Waals surface area contributed by atoms with E-state index in [-0.39, 0.29) is 11.4 Å². The van der Waals surface area contributed by atoms with E-state index in [2.05, 4.69) is 15.6 Å². The van der Waals surface area contributed by atoms with Gasteiger partial charge < -0.3 is 10.6 Å². The van der Waals surface area contributed by atoms with Crippen molar-refractivity contribution >= 4 is 23.0 Å². The molecule has 2 N–H and O–H groups in total. The summed E-state index contributed by atoms with van der Waals surface area (Å²) in [6, 6.07) is 16.4. The van der Waals surface area contributed by atoms with Crippen molar-refractivity contribution < 1.29 is 18.0 Å². The minimum Gasteiger partial charge on any atom is -0.355 e. The van der Waals surface area contributed by atoms with Gasteiger partial charge in [-0.2, -0.15) is 18.4 Å². The first-order valence-corrected chi connectivity index (χ1v) is 8.07. The molecule has 0 atom stereocenters. The normalized spacial score (nSPS) is 10.8. The fraction of sp³-hybridized carbons (Fsp3) is 0.0500. The maximum Gasteiger partial charge on any atom is 0.418 e. The van der Waals surface area contributed by atoms with Gasteiger partial charge in [0.2, 0.25) is 0 Å². The van der Waals surface area contributed by atoms with Crippen LogP contribution in [0.2, 0.25) is 0 Å². The maximum atomic E-state index is 13.1. The van der Waals surface area contributed by atoms with Crippen molar-refractivity contribution in [2.45, 2.75) is 6.18 Å². The number of nitriles is 1. The Balaban J connectivity index is 1.79. The van der Waals surface area contributed by atoms with E-state index in [4.69, 9.17) is 5.26 Å². The molecule has 0 unspecified atom stereocenters. The lowest BCUT2D eigenvalue weighted by molar-refractivity contribution is -0.136. The van der Waals surface area contributed by atoms with Gasteiger partial charge in [-0.15, -0.1) is 0 Å². The highest BCUT2D eigenvalue weighted by Crippen LogP contribution is 2.34. The van der Waals surface area contributed by atoms with Crippen LogP contribution in [-0.4, -0.2) is 10.9 Å². The van der Waals surface area contributed by atoms with Crippen LogP contribution in [0.3, 0.4) is 0 Å². The molecule has 0 spiro atoms. The Morgan fingerprint density at radius 3 is 2.39 bits per heavy atom. The molecule has 8 heteroatoms. The summed E-state index contributed by atoms with van der Waals surface area (Å²) in [5.41, 5.74) is 0.384. The van der Waals surface area contributed by atoms with E-state index in [0.717, 1.165) is 6.07 Å². The molecule has 0 radical (unpaired) electrons. The number of para-hydroxylation sites is 1. The monoisotopic (exact) mass is 382 g/mol. The van der Waals surface area contributed by atoms with E-state index >= 15 is 0 Å². The molecular weight excluding hydrogens is 369 g/mol. The van der Waals surface area contributed by atoms with Crippen LogP contribution < -0.4 is 10.6 Å². The fourth-order valence-corrected chi connectivity index (χ4v) is 2.45. The average Bonchev–Trinajstić information content (AvgIpc) is 2.68. The van der Waals surface area contributed by atoms with Gasteiger partial charge in [0, 0.05) is 17.6 Å². The van der Waals surface area contributed by atoms with Gasteiger partial charge in [-0.25, -0.2) is 0 Å². The van der Waals surface area contributed by atoms with Gasteiger partial charge in [-0.1, -0.05) is 12.1 Å². The number of alkyl halides is 3. The zero-order valence-electron chi connectivity index (χ0n) is 14.3. The smallest absolute Gasteiger partial charge is 0.355 e. The Bertz CT molecular complexity index is 1040. The number of halogens is 3. The first-order chi connectivity index (χ1) is 13.4. The molecule has 0 saturated heterocycles. The summed E-state index contributed by atoms with van der Waals surface area (Å²) in [5.74, 6) is -0.764. The van der Waals surface area contributed by atoms with Crippen molar-refractivity contribution in [2.24, 2.45) is 0 Å². The molecule has 5 nitrogen and oxygen atoms in total. The van der Waals surface area contributed by atoms with E-state index in [0.29, 0.717) is 16.9 Å². The molecular formula is C20H13F3N4O. The van der Waals surface area contributed by atoms with Crippen LogP contribution >= 0.6 is 0 Å². The van der Waals surface area contributed by atoms with Crippen LogP contribution in [0.5, 0.6) is 0 Å². The molecule has 2 aromatic carbocycles. The van der Waals surface area contributed by atoms with E-state index in [1.807, 2.05) is 6.07 Å². The third-order valence-electron chi connectivity index (χ3n) is 3.78. The maximum absolute atomic E-state index is 13.1. The van der Waals surface area contributed by atoms with E-state index in [1.165, 1.54) is 30.5 Å². The van der Waals surface area contributed by atoms with E-state index < -0.39 is 17.6 Å². The highest BCUT2D eigenvalue weighted by atomic mass is 19.4. The summed E-state index contributed by atoms with van der Waals surface area (Å²) in [4.78, 5) is 16.3. The molecule has 3 rings (SSSR count). The van der Waals surface area contributed by atoms with Gasteiger partial charge in [0.15, 0.2) is 0 Å². The van der Waals surface area contributed by atoms with Crippen molar-refractivity contribution in [1.82, 2.24) is 4.98 Å². The minimum atomic E-state index is -4.59. The number of nitrogens with one attached hydrogen (secondary N) is 2. The fourth-order valence-electron chi connectivity index (χ4n) is 2.45. The van der Waals surface area contributed by atoms with Crippen LogP contribution in [0, 0.1) is 11.3 Å². The second-order valence-electron chi connectivity index (χ2n) is 5.74. The Morgan fingerprint density at radius 2 is 1.71 bits per heavy atom. The van der Waals surface area contributed by atoms with Crippen LogP contribution in [0.15, 0.2) is 66.9 Å². The topological polar surface area (TPSA) is 77.8 Å². The molecule has 1 aromatic heterocycles. The highest BCUT2D eigenvalue weighted by Gasteiger charge is 2.33. The van der Waals surface area contributed by atoms with Crippen LogP contribution in [0.1, 0.15) is 21.6 Å². The number of carbonyl (C=O) groups excluding carboxylic acids is 1. The summed E-state index contributed by atoms with van der Waals surface area (Å²) < 4.78 is 39.2. The number of pyridine rings is 1. The molecule has 0 aliphatic carbocycles. The molecule has 3 aromatic rings. The highest BCUT2D eigenvalue weighted by molar-refractivity contribution is 6.03. The van der Waals surface area contributed by atoms with Crippen molar-refractivity contribution in [3.63, 3.8) is 0 Å². The van der Waals surface area contributed by atoms with Crippen molar-refractivity contribution in [2.75, 3.05) is 10.6 Å². The number of aromatic nitrogens is 1. The lowest BCUT2D eigenvalue weighted by Gasteiger charge is -2.13. The van der Waals surface area contributed by atoms with E-state index in [9.17, 15) is 18.0 Å². The SMILES string of the molecule is N#Cc1ccc(Nc2ccnc(C(=O)Nc3ccccc3C(F)(F)F)c2)cc1. The lowest BCUT2D eigenvalue weighted by atomic mass is 10.1. The third-order valence-corrected chi connectivity index (χ3v) is 3.78. The Morgan fingerprint density at radius 1 is 1.00 bits per heavy atom. The van der Waals surface area contributed by atoms with E-state index in [1.54, 1.807) is 30.3 Å². The zero-order valence-corrected chi connectivity index (χ0v) is 14.3. The second-order valence-corrected chi connectivity index (χ2v) is 5.74. The number of hydrogen-bond donors (Lipinski definition) is 2. The van der Waals surface area contributed by atoms with Crippen molar-refractivity contribution in [1.29, 1.82) is 5.26 Å². The number of anilines is 3. The third kappa shape index (κ3) is 4.45. The Kier molecular flexibility index (Phi) is 5.27. The number of rotatable bonds is 4. The first kappa shape index (κ1) is 18.9. The Labute approximate surface area is 158 Å². The molecule has 0 saturated carbocycles. The number of benzene rings is 2. The molecule has 140 valence electrons. The number of carbonyl (C=O) groups is 1. The molecule has 1 heterocycles.